The highest BCUT2D eigenvalue weighted by Gasteiger charge is 2.19. The van der Waals surface area contributed by atoms with Crippen molar-refractivity contribution in [2.45, 2.75) is 399 Å². The van der Waals surface area contributed by atoms with E-state index in [1.165, 1.54) is 289 Å². The van der Waals surface area contributed by atoms with Crippen molar-refractivity contribution < 1.29 is 28.6 Å². The van der Waals surface area contributed by atoms with E-state index in [1.807, 2.05) is 0 Å². The topological polar surface area (TPSA) is 78.9 Å². The van der Waals surface area contributed by atoms with Gasteiger partial charge in [0.2, 0.25) is 0 Å². The zero-order valence-electron chi connectivity index (χ0n) is 54.6. The number of unbranched alkanes of at least 4 members (excludes halogenated alkanes) is 48. The van der Waals surface area contributed by atoms with Gasteiger partial charge in [-0.15, -0.1) is 0 Å². The summed E-state index contributed by atoms with van der Waals surface area (Å²) in [6.07, 6.45) is 88.5. The fraction of sp³-hybridized carbons (Fsp3) is 0.853. The van der Waals surface area contributed by atoms with Crippen molar-refractivity contribution in [1.29, 1.82) is 0 Å². The van der Waals surface area contributed by atoms with Gasteiger partial charge in [0.25, 0.3) is 0 Å². The lowest BCUT2D eigenvalue weighted by Gasteiger charge is -2.18. The lowest BCUT2D eigenvalue weighted by atomic mass is 10.0. The van der Waals surface area contributed by atoms with Gasteiger partial charge in [0, 0.05) is 19.3 Å². The maximum atomic E-state index is 13.0. The summed E-state index contributed by atoms with van der Waals surface area (Å²) in [6, 6.07) is 0. The average molecular weight is 1140 g/mol. The molecule has 0 aromatic carbocycles. The molecule has 0 rings (SSSR count). The zero-order valence-corrected chi connectivity index (χ0v) is 54.6. The fourth-order valence-electron chi connectivity index (χ4n) is 10.8. The summed E-state index contributed by atoms with van der Waals surface area (Å²) < 4.78 is 17.0. The molecule has 1 unspecified atom stereocenters. The second-order valence-electron chi connectivity index (χ2n) is 24.5. The number of esters is 3. The van der Waals surface area contributed by atoms with Crippen molar-refractivity contribution >= 4 is 17.9 Å². The summed E-state index contributed by atoms with van der Waals surface area (Å²) in [5, 5.41) is 0. The molecule has 0 aromatic heterocycles. The number of allylic oxidation sites excluding steroid dienone is 8. The highest BCUT2D eigenvalue weighted by Crippen LogP contribution is 2.18. The minimum Gasteiger partial charge on any atom is -0.462 e. The van der Waals surface area contributed by atoms with E-state index in [9.17, 15) is 14.4 Å². The predicted molar refractivity (Wildman–Crippen MR) is 353 cm³/mol. The van der Waals surface area contributed by atoms with E-state index in [1.54, 1.807) is 0 Å². The van der Waals surface area contributed by atoms with Crippen LogP contribution in [0, 0.1) is 0 Å². The summed E-state index contributed by atoms with van der Waals surface area (Å²) in [5.74, 6) is -0.849. The van der Waals surface area contributed by atoms with E-state index < -0.39 is 6.10 Å². The van der Waals surface area contributed by atoms with Crippen LogP contribution in [0.5, 0.6) is 0 Å². The third kappa shape index (κ3) is 68.0. The van der Waals surface area contributed by atoms with E-state index in [-0.39, 0.29) is 31.1 Å². The first kappa shape index (κ1) is 78.4. The Morgan fingerprint density at radius 3 is 0.691 bits per heavy atom. The molecule has 0 amide bonds. The standard InChI is InChI=1S/C75H138O6/c1-4-7-10-13-16-19-22-25-28-31-34-35-36-37-38-39-42-44-47-50-53-56-59-62-65-68-74(77)80-71-72(81-75(78)69-66-63-60-57-54-51-48-45-41-33-30-27-24-21-18-15-12-9-6-3)70-79-73(76)67-64-61-58-55-52-49-46-43-40-32-29-26-23-20-17-14-11-8-5-2/h22,25-27,29-31,34,72H,4-21,23-24,28,32-33,35-71H2,1-3H3/b25-22-,29-26-,30-27-,34-31-. The lowest BCUT2D eigenvalue weighted by molar-refractivity contribution is -0.167. The van der Waals surface area contributed by atoms with E-state index >= 15 is 0 Å². The van der Waals surface area contributed by atoms with Crippen LogP contribution in [0.4, 0.5) is 0 Å². The van der Waals surface area contributed by atoms with Gasteiger partial charge < -0.3 is 14.2 Å². The predicted octanol–water partition coefficient (Wildman–Crippen LogP) is 24.9. The minimum atomic E-state index is -0.776. The normalized spacial score (nSPS) is 12.3. The van der Waals surface area contributed by atoms with Gasteiger partial charge in [-0.3, -0.25) is 14.4 Å². The number of carbonyl (C=O) groups excluding carboxylic acids is 3. The molecule has 0 radical (unpaired) electrons. The minimum absolute atomic E-state index is 0.0714. The highest BCUT2D eigenvalue weighted by molar-refractivity contribution is 5.71. The van der Waals surface area contributed by atoms with Crippen molar-refractivity contribution in [3.8, 4) is 0 Å². The maximum Gasteiger partial charge on any atom is 0.306 e. The van der Waals surface area contributed by atoms with Crippen LogP contribution < -0.4 is 0 Å². The number of ether oxygens (including phenoxy) is 3. The molecule has 0 aromatic rings. The summed E-state index contributed by atoms with van der Waals surface area (Å²) in [6.45, 7) is 6.69. The average Bonchev–Trinajstić information content (AvgIpc) is 3.47. The van der Waals surface area contributed by atoms with Gasteiger partial charge in [0.15, 0.2) is 6.10 Å². The smallest absolute Gasteiger partial charge is 0.306 e. The quantitative estimate of drug-likeness (QED) is 0.0261. The molecule has 0 spiro atoms. The molecule has 0 saturated heterocycles. The van der Waals surface area contributed by atoms with Crippen molar-refractivity contribution in [1.82, 2.24) is 0 Å². The molecular weight excluding hydrogens is 997 g/mol. The molecule has 0 bridgehead atoms. The summed E-state index contributed by atoms with van der Waals surface area (Å²) in [4.78, 5) is 38.5. The van der Waals surface area contributed by atoms with Crippen molar-refractivity contribution in [2.24, 2.45) is 0 Å². The first-order valence-electron chi connectivity index (χ1n) is 36.1. The summed E-state index contributed by atoms with van der Waals surface area (Å²) in [7, 11) is 0. The van der Waals surface area contributed by atoms with Crippen LogP contribution in [0.25, 0.3) is 0 Å². The van der Waals surface area contributed by atoms with E-state index in [0.717, 1.165) is 64.2 Å². The Kier molecular flexibility index (Phi) is 67.6. The molecule has 0 aliphatic rings. The summed E-state index contributed by atoms with van der Waals surface area (Å²) >= 11 is 0. The maximum absolute atomic E-state index is 13.0. The van der Waals surface area contributed by atoms with Gasteiger partial charge in [-0.05, 0) is 103 Å². The largest absolute Gasteiger partial charge is 0.462 e. The van der Waals surface area contributed by atoms with Gasteiger partial charge in [-0.25, -0.2) is 0 Å². The number of carbonyl (C=O) groups is 3. The molecule has 0 saturated carbocycles. The van der Waals surface area contributed by atoms with Crippen LogP contribution in [0.15, 0.2) is 48.6 Å². The molecule has 1 atom stereocenters. The van der Waals surface area contributed by atoms with Crippen molar-refractivity contribution in [2.75, 3.05) is 13.2 Å². The van der Waals surface area contributed by atoms with Gasteiger partial charge >= 0.3 is 17.9 Å². The molecule has 6 heteroatoms. The van der Waals surface area contributed by atoms with Gasteiger partial charge in [0.05, 0.1) is 0 Å². The Morgan fingerprint density at radius 2 is 0.444 bits per heavy atom. The van der Waals surface area contributed by atoms with E-state index in [2.05, 4.69) is 69.4 Å². The lowest BCUT2D eigenvalue weighted by Crippen LogP contribution is -2.30. The van der Waals surface area contributed by atoms with Crippen LogP contribution >= 0.6 is 0 Å². The Bertz CT molecular complexity index is 1400. The molecule has 474 valence electrons. The van der Waals surface area contributed by atoms with Crippen LogP contribution in [0.2, 0.25) is 0 Å². The Balaban J connectivity index is 4.31. The monoisotopic (exact) mass is 1140 g/mol. The molecule has 81 heavy (non-hydrogen) atoms. The third-order valence-corrected chi connectivity index (χ3v) is 16.3. The Morgan fingerprint density at radius 1 is 0.247 bits per heavy atom. The molecule has 0 heterocycles. The number of hydrogen-bond acceptors (Lipinski definition) is 6. The number of hydrogen-bond donors (Lipinski definition) is 0. The second kappa shape index (κ2) is 69.9. The van der Waals surface area contributed by atoms with Crippen LogP contribution in [0.1, 0.15) is 393 Å². The highest BCUT2D eigenvalue weighted by atomic mass is 16.6. The molecular formula is C75H138O6. The van der Waals surface area contributed by atoms with E-state index in [4.69, 9.17) is 14.2 Å². The van der Waals surface area contributed by atoms with Gasteiger partial charge in [-0.2, -0.15) is 0 Å². The molecule has 0 aliphatic heterocycles. The Hall–Kier alpha value is -2.63. The second-order valence-corrected chi connectivity index (χ2v) is 24.5. The molecule has 0 N–H and O–H groups in total. The number of rotatable bonds is 67. The van der Waals surface area contributed by atoms with Gasteiger partial charge in [0.1, 0.15) is 13.2 Å². The SMILES string of the molecule is CCCCCCC/C=C\C/C=C\CCCCCCCCCCCCCCCC(=O)OCC(COC(=O)CCCCCCCCCCC/C=C\CCCCCCCC)OC(=O)CCCCCCCCCCC/C=C\CCCCCCCC. The fourth-order valence-corrected chi connectivity index (χ4v) is 10.8. The van der Waals surface area contributed by atoms with Crippen LogP contribution in [-0.2, 0) is 28.6 Å². The Labute approximate surface area is 505 Å². The third-order valence-electron chi connectivity index (χ3n) is 16.3. The molecule has 6 nitrogen and oxygen atoms in total. The first-order valence-corrected chi connectivity index (χ1v) is 36.1. The summed E-state index contributed by atoms with van der Waals surface area (Å²) in [5.41, 5.74) is 0. The van der Waals surface area contributed by atoms with Crippen molar-refractivity contribution in [3.05, 3.63) is 48.6 Å². The van der Waals surface area contributed by atoms with Crippen molar-refractivity contribution in [3.63, 3.8) is 0 Å². The molecule has 0 fully saturated rings. The van der Waals surface area contributed by atoms with Gasteiger partial charge in [-0.1, -0.05) is 320 Å². The zero-order chi connectivity index (χ0) is 58.5. The first-order chi connectivity index (χ1) is 40.0. The molecule has 0 aliphatic carbocycles. The van der Waals surface area contributed by atoms with E-state index in [0.29, 0.717) is 19.3 Å². The van der Waals surface area contributed by atoms with Crippen LogP contribution in [-0.4, -0.2) is 37.2 Å². The van der Waals surface area contributed by atoms with Crippen LogP contribution in [0.3, 0.4) is 0 Å².